The van der Waals surface area contributed by atoms with Crippen LogP contribution in [0, 0.1) is 0 Å². The number of nitrogens with zero attached hydrogens (tertiary/aromatic N) is 4. The summed E-state index contributed by atoms with van der Waals surface area (Å²) in [5.74, 6) is 2.00. The molecule has 0 saturated heterocycles. The topological polar surface area (TPSA) is 134 Å². The molecule has 0 radical (unpaired) electrons. The Morgan fingerprint density at radius 3 is 1.38 bits per heavy atom. The minimum atomic E-state index is -0.0448. The van der Waals surface area contributed by atoms with Crippen LogP contribution in [0.4, 0.5) is 11.6 Å². The number of hydrogen-bond donors (Lipinski definition) is 4. The zero-order chi connectivity index (χ0) is 25.7. The van der Waals surface area contributed by atoms with Crippen LogP contribution in [0.15, 0.2) is 12.4 Å². The monoisotopic (exact) mass is 512 g/mol. The average molecular weight is 513 g/mol. The Morgan fingerprint density at radius 1 is 0.735 bits per heavy atom. The molecule has 0 aliphatic rings. The summed E-state index contributed by atoms with van der Waals surface area (Å²) in [5, 5.41) is 12.1. The van der Waals surface area contributed by atoms with Gasteiger partial charge in [-0.15, -0.1) is 0 Å². The Bertz CT molecular complexity index is 866. The van der Waals surface area contributed by atoms with Crippen molar-refractivity contribution in [1.29, 1.82) is 0 Å². The zero-order valence-corrected chi connectivity index (χ0v) is 22.0. The van der Waals surface area contributed by atoms with E-state index >= 15 is 0 Å². The fraction of sp³-hybridized carbons (Fsp3) is 0.545. The van der Waals surface area contributed by atoms with Gasteiger partial charge in [-0.05, 0) is 35.0 Å². The van der Waals surface area contributed by atoms with Gasteiger partial charge in [0.15, 0.2) is 0 Å². The molecule has 0 aliphatic carbocycles. The van der Waals surface area contributed by atoms with Gasteiger partial charge in [-0.25, -0.2) is 19.9 Å². The third-order valence-electron chi connectivity index (χ3n) is 4.40. The maximum Gasteiger partial charge on any atom is 0.224 e. The van der Waals surface area contributed by atoms with Crippen molar-refractivity contribution in [1.82, 2.24) is 30.6 Å². The van der Waals surface area contributed by atoms with Crippen molar-refractivity contribution in [3.63, 3.8) is 0 Å². The normalized spacial score (nSPS) is 10.4. The van der Waals surface area contributed by atoms with E-state index in [9.17, 15) is 9.59 Å². The van der Waals surface area contributed by atoms with Gasteiger partial charge in [0.1, 0.15) is 11.6 Å². The van der Waals surface area contributed by atoms with E-state index in [2.05, 4.69) is 68.9 Å². The molecule has 2 heterocycles. The molecular weight excluding hydrogens is 479 g/mol. The van der Waals surface area contributed by atoms with Gasteiger partial charge < -0.3 is 21.3 Å². The van der Waals surface area contributed by atoms with Crippen LogP contribution in [0.1, 0.15) is 64.5 Å². The molecule has 0 saturated carbocycles. The minimum absolute atomic E-state index is 0.0448. The highest BCUT2D eigenvalue weighted by atomic mass is 35.5. The smallest absolute Gasteiger partial charge is 0.224 e. The number of nitrogens with one attached hydrogen (secondary N) is 4. The van der Waals surface area contributed by atoms with Crippen LogP contribution in [0.3, 0.4) is 0 Å². The molecule has 0 aliphatic heterocycles. The Labute approximate surface area is 211 Å². The largest absolute Gasteiger partial charge is 0.368 e. The van der Waals surface area contributed by atoms with Crippen molar-refractivity contribution in [2.45, 2.75) is 53.4 Å². The van der Waals surface area contributed by atoms with E-state index in [0.29, 0.717) is 38.0 Å². The number of carbonyl (C=O) groups excluding carboxylic acids is 2. The molecule has 4 N–H and O–H groups in total. The van der Waals surface area contributed by atoms with Crippen LogP contribution in [0.2, 0.25) is 10.6 Å². The third kappa shape index (κ3) is 11.4. The first-order valence-corrected chi connectivity index (χ1v) is 11.8. The van der Waals surface area contributed by atoms with E-state index in [1.165, 1.54) is 13.8 Å². The first-order valence-electron chi connectivity index (χ1n) is 11.0. The molecular formula is C22H34Cl2N8O2. The van der Waals surface area contributed by atoms with Crippen LogP contribution in [-0.2, 0) is 9.59 Å². The summed E-state index contributed by atoms with van der Waals surface area (Å²) < 4.78 is 0. The standard InChI is InChI=1S/2C11H17ClN4O/c2*1-7(2)9-6-15-11(12)16-10(9)14-5-4-13-8(3)17/h2*6-7H,4-5H2,1-3H3,(H,13,17)(H,14,15,16). The number of aromatic nitrogens is 4. The lowest BCUT2D eigenvalue weighted by Crippen LogP contribution is -2.26. The van der Waals surface area contributed by atoms with Crippen LogP contribution < -0.4 is 21.3 Å². The molecule has 0 unspecified atom stereocenters. The predicted octanol–water partition coefficient (Wildman–Crippen LogP) is 3.60. The van der Waals surface area contributed by atoms with Crippen LogP contribution in [-0.4, -0.2) is 57.9 Å². The van der Waals surface area contributed by atoms with Gasteiger partial charge in [0.05, 0.1) is 0 Å². The molecule has 2 aromatic heterocycles. The van der Waals surface area contributed by atoms with E-state index < -0.39 is 0 Å². The number of anilines is 2. The lowest BCUT2D eigenvalue weighted by atomic mass is 10.1. The summed E-state index contributed by atoms with van der Waals surface area (Å²) in [4.78, 5) is 37.6. The first-order chi connectivity index (χ1) is 16.0. The summed E-state index contributed by atoms with van der Waals surface area (Å²) >= 11 is 11.5. The fourth-order valence-corrected chi connectivity index (χ4v) is 2.97. The average Bonchev–Trinajstić information content (AvgIpc) is 2.74. The lowest BCUT2D eigenvalue weighted by molar-refractivity contribution is -0.119. The van der Waals surface area contributed by atoms with E-state index in [0.717, 1.165) is 22.8 Å². The molecule has 0 bridgehead atoms. The Hall–Kier alpha value is -2.72. The summed E-state index contributed by atoms with van der Waals surface area (Å²) in [6, 6.07) is 0. The summed E-state index contributed by atoms with van der Waals surface area (Å²) in [6.45, 7) is 13.5. The van der Waals surface area contributed by atoms with E-state index in [1.54, 1.807) is 12.4 Å². The van der Waals surface area contributed by atoms with Gasteiger partial charge >= 0.3 is 0 Å². The molecule has 10 nitrogen and oxygen atoms in total. The molecule has 188 valence electrons. The molecule has 0 aromatic carbocycles. The number of rotatable bonds is 10. The minimum Gasteiger partial charge on any atom is -0.368 e. The number of halogens is 2. The highest BCUT2D eigenvalue weighted by Crippen LogP contribution is 2.23. The number of carbonyl (C=O) groups is 2. The summed E-state index contributed by atoms with van der Waals surface area (Å²) in [6.07, 6.45) is 3.45. The highest BCUT2D eigenvalue weighted by Gasteiger charge is 2.10. The Morgan fingerprint density at radius 2 is 1.09 bits per heavy atom. The van der Waals surface area contributed by atoms with Gasteiger partial charge in [-0.1, -0.05) is 27.7 Å². The van der Waals surface area contributed by atoms with Gasteiger partial charge in [0.25, 0.3) is 0 Å². The molecule has 12 heteroatoms. The molecule has 2 rings (SSSR count). The molecule has 0 fully saturated rings. The van der Waals surface area contributed by atoms with Gasteiger partial charge in [0, 0.05) is 63.5 Å². The molecule has 0 spiro atoms. The van der Waals surface area contributed by atoms with Gasteiger partial charge in [-0.2, -0.15) is 0 Å². The summed E-state index contributed by atoms with van der Waals surface area (Å²) in [7, 11) is 0. The first kappa shape index (κ1) is 29.3. The molecule has 2 aromatic rings. The van der Waals surface area contributed by atoms with Crippen molar-refractivity contribution >= 4 is 46.7 Å². The van der Waals surface area contributed by atoms with Crippen molar-refractivity contribution in [3.8, 4) is 0 Å². The number of hydrogen-bond acceptors (Lipinski definition) is 8. The second-order valence-corrected chi connectivity index (χ2v) is 8.69. The van der Waals surface area contributed by atoms with Crippen molar-refractivity contribution in [2.75, 3.05) is 36.8 Å². The second-order valence-electron chi connectivity index (χ2n) is 8.01. The maximum atomic E-state index is 10.7. The Kier molecular flexibility index (Phi) is 13.1. The molecule has 0 atom stereocenters. The maximum absolute atomic E-state index is 10.7. The SMILES string of the molecule is CC(=O)NCCNc1nc(Cl)ncc1C(C)C.CC(=O)NCCNc1nc(Cl)ncc1C(C)C. The van der Waals surface area contributed by atoms with Crippen molar-refractivity contribution < 1.29 is 9.59 Å². The van der Waals surface area contributed by atoms with Crippen molar-refractivity contribution in [3.05, 3.63) is 34.1 Å². The fourth-order valence-electron chi connectivity index (χ4n) is 2.71. The molecule has 2 amide bonds. The quantitative estimate of drug-likeness (QED) is 0.280. The van der Waals surface area contributed by atoms with Gasteiger partial charge in [0.2, 0.25) is 22.4 Å². The van der Waals surface area contributed by atoms with Gasteiger partial charge in [-0.3, -0.25) is 9.59 Å². The lowest BCUT2D eigenvalue weighted by Gasteiger charge is -2.13. The summed E-state index contributed by atoms with van der Waals surface area (Å²) in [5.41, 5.74) is 2.02. The Balaban J connectivity index is 0.000000340. The highest BCUT2D eigenvalue weighted by molar-refractivity contribution is 6.28. The third-order valence-corrected chi connectivity index (χ3v) is 4.77. The zero-order valence-electron chi connectivity index (χ0n) is 20.5. The predicted molar refractivity (Wildman–Crippen MR) is 137 cm³/mol. The molecule has 34 heavy (non-hydrogen) atoms. The van der Waals surface area contributed by atoms with Crippen LogP contribution in [0.25, 0.3) is 0 Å². The van der Waals surface area contributed by atoms with E-state index in [4.69, 9.17) is 23.2 Å². The van der Waals surface area contributed by atoms with Crippen molar-refractivity contribution in [2.24, 2.45) is 0 Å². The van der Waals surface area contributed by atoms with E-state index in [-0.39, 0.29) is 22.4 Å². The number of amides is 2. The second kappa shape index (κ2) is 15.2. The van der Waals surface area contributed by atoms with Crippen LogP contribution in [0.5, 0.6) is 0 Å². The van der Waals surface area contributed by atoms with E-state index in [1.807, 2.05) is 0 Å². The van der Waals surface area contributed by atoms with Crippen LogP contribution >= 0.6 is 23.2 Å².